The molecule has 3 rings (SSSR count). The minimum absolute atomic E-state index is 0.423. The molecule has 6 nitrogen and oxygen atoms in total. The first-order valence-corrected chi connectivity index (χ1v) is 13.8. The second-order valence-electron chi connectivity index (χ2n) is 8.09. The van der Waals surface area contributed by atoms with E-state index in [9.17, 15) is 0 Å². The highest BCUT2D eigenvalue weighted by Crippen LogP contribution is 2.33. The number of hydrogen-bond acceptors (Lipinski definition) is 6. The Balaban J connectivity index is 1.71. The highest BCUT2D eigenvalue weighted by molar-refractivity contribution is 9.10. The number of hydrogen-bond donors (Lipinski definition) is 2. The fourth-order valence-corrected chi connectivity index (χ4v) is 4.06. The summed E-state index contributed by atoms with van der Waals surface area (Å²) in [6, 6.07) is 9.81. The van der Waals surface area contributed by atoms with Gasteiger partial charge in [-0.1, -0.05) is 15.9 Å². The molecule has 164 valence electrons. The maximum absolute atomic E-state index is 8.85. The molecule has 0 atom stereocenters. The SMILES string of the molecule is CS(C)(C)CCOCNc1ccc(Br)cc1C(=N)c1ccnc(N2CCOCC2)c1. The van der Waals surface area contributed by atoms with E-state index in [4.69, 9.17) is 14.9 Å². The predicted molar refractivity (Wildman–Crippen MR) is 132 cm³/mol. The first-order valence-electron chi connectivity index (χ1n) is 9.99. The van der Waals surface area contributed by atoms with E-state index in [2.05, 4.69) is 49.9 Å². The average Bonchev–Trinajstić information content (AvgIpc) is 2.74. The number of halogens is 1. The van der Waals surface area contributed by atoms with Crippen molar-refractivity contribution in [2.75, 3.05) is 74.4 Å². The van der Waals surface area contributed by atoms with Crippen LogP contribution in [0, 0.1) is 5.41 Å². The van der Waals surface area contributed by atoms with Crippen LogP contribution in [0.5, 0.6) is 0 Å². The molecule has 0 spiro atoms. The van der Waals surface area contributed by atoms with Crippen LogP contribution in [0.15, 0.2) is 41.0 Å². The summed E-state index contributed by atoms with van der Waals surface area (Å²) >= 11 is 3.54. The number of nitrogens with zero attached hydrogens (tertiary/aromatic N) is 2. The summed E-state index contributed by atoms with van der Waals surface area (Å²) in [6.45, 7) is 4.22. The molecule has 2 heterocycles. The van der Waals surface area contributed by atoms with Gasteiger partial charge in [-0.05, 0) is 49.1 Å². The number of pyridine rings is 1. The van der Waals surface area contributed by atoms with Crippen molar-refractivity contribution in [3.8, 4) is 0 Å². The average molecular weight is 495 g/mol. The van der Waals surface area contributed by atoms with E-state index >= 15 is 0 Å². The van der Waals surface area contributed by atoms with Gasteiger partial charge in [-0.25, -0.2) is 15.0 Å². The van der Waals surface area contributed by atoms with E-state index < -0.39 is 10.0 Å². The van der Waals surface area contributed by atoms with Gasteiger partial charge in [0.15, 0.2) is 0 Å². The smallest absolute Gasteiger partial charge is 0.129 e. The number of morpholine rings is 1. The monoisotopic (exact) mass is 494 g/mol. The van der Waals surface area contributed by atoms with Crippen molar-refractivity contribution in [2.45, 2.75) is 0 Å². The van der Waals surface area contributed by atoms with E-state index in [1.54, 1.807) is 6.20 Å². The Hall–Kier alpha value is -1.61. The van der Waals surface area contributed by atoms with Gasteiger partial charge in [-0.2, -0.15) is 0 Å². The van der Waals surface area contributed by atoms with Crippen LogP contribution >= 0.6 is 26.0 Å². The first-order chi connectivity index (χ1) is 14.3. The molecule has 1 aliphatic heterocycles. The van der Waals surface area contributed by atoms with Crippen LogP contribution in [0.4, 0.5) is 11.5 Å². The Bertz CT molecular complexity index is 866. The molecule has 1 saturated heterocycles. The zero-order chi connectivity index (χ0) is 21.6. The highest BCUT2D eigenvalue weighted by Gasteiger charge is 2.16. The summed E-state index contributed by atoms with van der Waals surface area (Å²) < 4.78 is 12.2. The van der Waals surface area contributed by atoms with Gasteiger partial charge in [0, 0.05) is 46.3 Å². The summed E-state index contributed by atoms with van der Waals surface area (Å²) in [5, 5.41) is 12.2. The van der Waals surface area contributed by atoms with Gasteiger partial charge in [0.05, 0.1) is 25.5 Å². The number of anilines is 2. The summed E-state index contributed by atoms with van der Waals surface area (Å²) in [6.07, 6.45) is 8.64. The number of benzene rings is 1. The Morgan fingerprint density at radius 1 is 1.23 bits per heavy atom. The molecule has 30 heavy (non-hydrogen) atoms. The lowest BCUT2D eigenvalue weighted by Crippen LogP contribution is -2.36. The molecule has 1 fully saturated rings. The number of rotatable bonds is 9. The number of nitrogens with one attached hydrogen (secondary N) is 2. The van der Waals surface area contributed by atoms with Gasteiger partial charge in [0.1, 0.15) is 12.5 Å². The van der Waals surface area contributed by atoms with Crippen LogP contribution in [0.2, 0.25) is 0 Å². The first kappa shape index (κ1) is 23.1. The fraction of sp³-hybridized carbons (Fsp3) is 0.455. The second-order valence-corrected chi connectivity index (χ2v) is 13.6. The molecule has 0 radical (unpaired) electrons. The molecule has 0 amide bonds. The lowest BCUT2D eigenvalue weighted by molar-refractivity contribution is 0.122. The van der Waals surface area contributed by atoms with Crippen LogP contribution in [-0.2, 0) is 9.47 Å². The minimum atomic E-state index is -0.557. The third-order valence-corrected chi connectivity index (χ3v) is 6.71. The fourth-order valence-electron chi connectivity index (χ4n) is 3.08. The quantitative estimate of drug-likeness (QED) is 0.310. The molecule has 1 aromatic carbocycles. The molecule has 0 unspecified atom stereocenters. The standard InChI is InChI=1S/C22H31BrN4O2S/c1-30(2,3)13-12-29-16-26-20-5-4-18(23)15-19(20)22(24)17-6-7-25-21(14-17)27-8-10-28-11-9-27/h4-7,14-15,24,26H,8-13,16H2,1-3H3. The van der Waals surface area contributed by atoms with Crippen LogP contribution in [-0.4, -0.2) is 74.9 Å². The molecule has 0 bridgehead atoms. The second kappa shape index (κ2) is 10.6. The van der Waals surface area contributed by atoms with E-state index in [0.717, 1.165) is 52.6 Å². The van der Waals surface area contributed by atoms with Crippen LogP contribution in [0.1, 0.15) is 11.1 Å². The largest absolute Gasteiger partial charge is 0.378 e. The van der Waals surface area contributed by atoms with Crippen LogP contribution in [0.3, 0.4) is 0 Å². The summed E-state index contributed by atoms with van der Waals surface area (Å²) in [7, 11) is -0.557. The van der Waals surface area contributed by atoms with Gasteiger partial charge < -0.3 is 19.7 Å². The zero-order valence-electron chi connectivity index (χ0n) is 17.9. The van der Waals surface area contributed by atoms with Crippen molar-refractivity contribution in [2.24, 2.45) is 0 Å². The number of ether oxygens (including phenoxy) is 2. The summed E-state index contributed by atoms with van der Waals surface area (Å²) in [4.78, 5) is 6.70. The minimum Gasteiger partial charge on any atom is -0.378 e. The Labute approximate surface area is 189 Å². The maximum Gasteiger partial charge on any atom is 0.129 e. The van der Waals surface area contributed by atoms with Gasteiger partial charge in [0.25, 0.3) is 0 Å². The van der Waals surface area contributed by atoms with Gasteiger partial charge >= 0.3 is 0 Å². The molecule has 2 aromatic rings. The van der Waals surface area contributed by atoms with Crippen molar-refractivity contribution in [1.82, 2.24) is 4.98 Å². The molecule has 1 aliphatic rings. The molecular formula is C22H31BrN4O2S. The van der Waals surface area contributed by atoms with E-state index in [1.165, 1.54) is 0 Å². The summed E-state index contributed by atoms with van der Waals surface area (Å²) in [5.74, 6) is 1.97. The lowest BCUT2D eigenvalue weighted by Gasteiger charge is -2.28. The lowest BCUT2D eigenvalue weighted by atomic mass is 10.0. The van der Waals surface area contributed by atoms with Crippen LogP contribution < -0.4 is 10.2 Å². The molecule has 8 heteroatoms. The third kappa shape index (κ3) is 6.70. The highest BCUT2D eigenvalue weighted by atomic mass is 79.9. The van der Waals surface area contributed by atoms with Crippen LogP contribution in [0.25, 0.3) is 0 Å². The van der Waals surface area contributed by atoms with Gasteiger partial charge in [-0.15, -0.1) is 0 Å². The van der Waals surface area contributed by atoms with E-state index in [-0.39, 0.29) is 0 Å². The van der Waals surface area contributed by atoms with Crippen molar-refractivity contribution >= 4 is 43.2 Å². The Morgan fingerprint density at radius 2 is 2.00 bits per heavy atom. The van der Waals surface area contributed by atoms with Crippen molar-refractivity contribution < 1.29 is 9.47 Å². The molecule has 1 aromatic heterocycles. The zero-order valence-corrected chi connectivity index (χ0v) is 20.3. The third-order valence-electron chi connectivity index (χ3n) is 4.82. The molecule has 2 N–H and O–H groups in total. The van der Waals surface area contributed by atoms with Crippen molar-refractivity contribution in [1.29, 1.82) is 5.41 Å². The Morgan fingerprint density at radius 3 is 2.73 bits per heavy atom. The van der Waals surface area contributed by atoms with E-state index in [1.807, 2.05) is 30.3 Å². The molecular weight excluding hydrogens is 464 g/mol. The van der Waals surface area contributed by atoms with E-state index in [0.29, 0.717) is 25.7 Å². The molecule has 0 saturated carbocycles. The van der Waals surface area contributed by atoms with Crippen molar-refractivity contribution in [3.05, 3.63) is 52.1 Å². The maximum atomic E-state index is 8.85. The Kier molecular flexibility index (Phi) is 8.16. The topological polar surface area (TPSA) is 70.5 Å². The van der Waals surface area contributed by atoms with Gasteiger partial charge in [0.2, 0.25) is 0 Å². The number of aromatic nitrogens is 1. The normalized spacial score (nSPS) is 15.1. The van der Waals surface area contributed by atoms with Crippen molar-refractivity contribution in [3.63, 3.8) is 0 Å². The predicted octanol–water partition coefficient (Wildman–Crippen LogP) is 4.18. The summed E-state index contributed by atoms with van der Waals surface area (Å²) in [5.41, 5.74) is 3.00. The van der Waals surface area contributed by atoms with Gasteiger partial charge in [-0.3, -0.25) is 5.41 Å². The molecule has 0 aliphatic carbocycles.